The molecule has 35 heavy (non-hydrogen) atoms. The van der Waals surface area contributed by atoms with Crippen molar-refractivity contribution in [3.63, 3.8) is 0 Å². The van der Waals surface area contributed by atoms with Crippen LogP contribution in [0.3, 0.4) is 0 Å². The number of anilines is 6. The molecule has 5 heterocycles. The van der Waals surface area contributed by atoms with Crippen LogP contribution in [0.5, 0.6) is 5.75 Å². The zero-order valence-corrected chi connectivity index (χ0v) is 19.9. The first-order valence-corrected chi connectivity index (χ1v) is 11.3. The van der Waals surface area contributed by atoms with Gasteiger partial charge in [0.05, 0.1) is 11.9 Å². The van der Waals surface area contributed by atoms with E-state index in [2.05, 4.69) is 54.0 Å². The molecule has 0 aromatic carbocycles. The van der Waals surface area contributed by atoms with Crippen molar-refractivity contribution >= 4 is 40.8 Å². The number of aryl methyl sites for hydroxylation is 1. The van der Waals surface area contributed by atoms with E-state index in [4.69, 9.17) is 4.74 Å². The summed E-state index contributed by atoms with van der Waals surface area (Å²) in [6.07, 6.45) is 3.51. The Kier molecular flexibility index (Phi) is 5.91. The van der Waals surface area contributed by atoms with Gasteiger partial charge in [0.15, 0.2) is 17.3 Å². The van der Waals surface area contributed by atoms with Crippen LogP contribution in [0.15, 0.2) is 49.0 Å². The Hall–Kier alpha value is -4.25. The van der Waals surface area contributed by atoms with Crippen molar-refractivity contribution in [2.24, 2.45) is 0 Å². The Morgan fingerprint density at radius 3 is 2.51 bits per heavy atom. The molecule has 11 heteroatoms. The Balaban J connectivity index is 1.30. The van der Waals surface area contributed by atoms with Crippen LogP contribution in [0.4, 0.5) is 34.9 Å². The third-order valence-electron chi connectivity index (χ3n) is 5.98. The lowest BCUT2D eigenvalue weighted by atomic mass is 10.3. The van der Waals surface area contributed by atoms with Crippen LogP contribution in [-0.4, -0.2) is 71.0 Å². The second-order valence-electron chi connectivity index (χ2n) is 8.58. The number of carbonyl (C=O) groups excluding carboxylic acids is 1. The van der Waals surface area contributed by atoms with E-state index in [0.29, 0.717) is 29.2 Å². The number of piperazine rings is 1. The highest BCUT2D eigenvalue weighted by Crippen LogP contribution is 2.34. The first-order chi connectivity index (χ1) is 16.9. The largest absolute Gasteiger partial charge is 0.448 e. The molecule has 1 fully saturated rings. The maximum absolute atomic E-state index is 12.2. The molecule has 0 atom stereocenters. The summed E-state index contributed by atoms with van der Waals surface area (Å²) < 4.78 is 5.46. The van der Waals surface area contributed by atoms with Crippen LogP contribution in [0.1, 0.15) is 5.56 Å². The van der Waals surface area contributed by atoms with Crippen LogP contribution in [0.25, 0.3) is 0 Å². The van der Waals surface area contributed by atoms with Gasteiger partial charge in [0.2, 0.25) is 5.95 Å². The molecule has 1 amide bonds. The monoisotopic (exact) mass is 473 g/mol. The van der Waals surface area contributed by atoms with Gasteiger partial charge in [0.1, 0.15) is 17.5 Å². The molecule has 0 unspecified atom stereocenters. The van der Waals surface area contributed by atoms with Crippen molar-refractivity contribution in [3.05, 3.63) is 54.6 Å². The lowest BCUT2D eigenvalue weighted by molar-refractivity contribution is -0.117. The number of fused-ring (bicyclic) bond motifs is 1. The van der Waals surface area contributed by atoms with Crippen molar-refractivity contribution in [2.45, 2.75) is 6.92 Å². The summed E-state index contributed by atoms with van der Waals surface area (Å²) >= 11 is 0. The molecule has 0 radical (unpaired) electrons. The van der Waals surface area contributed by atoms with Gasteiger partial charge >= 0.3 is 0 Å². The van der Waals surface area contributed by atoms with Gasteiger partial charge in [-0.25, -0.2) is 15.0 Å². The predicted molar refractivity (Wildman–Crippen MR) is 135 cm³/mol. The summed E-state index contributed by atoms with van der Waals surface area (Å²) in [6, 6.07) is 7.47. The molecule has 11 nitrogen and oxygen atoms in total. The summed E-state index contributed by atoms with van der Waals surface area (Å²) in [5, 5.41) is 6.41. The van der Waals surface area contributed by atoms with E-state index in [1.807, 2.05) is 19.1 Å². The Labute approximate surface area is 203 Å². The first-order valence-electron chi connectivity index (χ1n) is 11.3. The second kappa shape index (κ2) is 9.18. The van der Waals surface area contributed by atoms with Crippen LogP contribution in [0, 0.1) is 6.92 Å². The van der Waals surface area contributed by atoms with Gasteiger partial charge in [0, 0.05) is 45.0 Å². The molecule has 0 saturated carbocycles. The van der Waals surface area contributed by atoms with Gasteiger partial charge in [-0.15, -0.1) is 0 Å². The minimum absolute atomic E-state index is 0.0657. The molecule has 2 aliphatic rings. The van der Waals surface area contributed by atoms with E-state index in [-0.39, 0.29) is 11.7 Å². The number of carbonyl (C=O) groups is 1. The molecule has 0 bridgehead atoms. The van der Waals surface area contributed by atoms with E-state index in [1.54, 1.807) is 31.6 Å². The molecule has 3 aromatic heterocycles. The van der Waals surface area contributed by atoms with E-state index in [0.717, 1.165) is 43.2 Å². The molecule has 2 aliphatic heterocycles. The van der Waals surface area contributed by atoms with Crippen molar-refractivity contribution in [2.75, 3.05) is 60.7 Å². The van der Waals surface area contributed by atoms with Crippen LogP contribution < -0.4 is 25.2 Å². The Morgan fingerprint density at radius 2 is 1.77 bits per heavy atom. The van der Waals surface area contributed by atoms with Crippen LogP contribution >= 0.6 is 0 Å². The van der Waals surface area contributed by atoms with Gasteiger partial charge < -0.3 is 25.2 Å². The fourth-order valence-corrected chi connectivity index (χ4v) is 3.85. The second-order valence-corrected chi connectivity index (χ2v) is 8.58. The molecule has 1 saturated heterocycles. The lowest BCUT2D eigenvalue weighted by Gasteiger charge is -2.33. The van der Waals surface area contributed by atoms with Crippen molar-refractivity contribution in [1.82, 2.24) is 24.8 Å². The van der Waals surface area contributed by atoms with Gasteiger partial charge in [-0.1, -0.05) is 6.58 Å². The normalized spacial score (nSPS) is 16.1. The summed E-state index contributed by atoms with van der Waals surface area (Å²) in [6.45, 7) is 9.53. The highest BCUT2D eigenvalue weighted by molar-refractivity contribution is 6.06. The minimum atomic E-state index is -0.334. The molecule has 180 valence electrons. The first kappa shape index (κ1) is 22.5. The number of pyridine rings is 2. The van der Waals surface area contributed by atoms with E-state index in [1.165, 1.54) is 4.90 Å². The fraction of sp³-hybridized carbons (Fsp3) is 0.292. The van der Waals surface area contributed by atoms with Crippen LogP contribution in [-0.2, 0) is 4.79 Å². The van der Waals surface area contributed by atoms with Crippen molar-refractivity contribution in [3.8, 4) is 5.75 Å². The maximum atomic E-state index is 12.2. The number of nitrogens with one attached hydrogen (secondary N) is 2. The number of aromatic nitrogens is 4. The van der Waals surface area contributed by atoms with Gasteiger partial charge in [0.25, 0.3) is 5.91 Å². The average molecular weight is 474 g/mol. The highest BCUT2D eigenvalue weighted by atomic mass is 16.5. The third-order valence-corrected chi connectivity index (χ3v) is 5.98. The number of amides is 1. The highest BCUT2D eigenvalue weighted by Gasteiger charge is 2.27. The number of nitrogens with zero attached hydrogens (tertiary/aromatic N) is 7. The zero-order valence-electron chi connectivity index (χ0n) is 19.9. The van der Waals surface area contributed by atoms with E-state index >= 15 is 0 Å². The van der Waals surface area contributed by atoms with E-state index < -0.39 is 0 Å². The van der Waals surface area contributed by atoms with Crippen LogP contribution in [0.2, 0.25) is 0 Å². The summed E-state index contributed by atoms with van der Waals surface area (Å²) in [4.78, 5) is 36.3. The predicted octanol–water partition coefficient (Wildman–Crippen LogP) is 2.68. The number of ether oxygens (including phenoxy) is 1. The molecule has 0 spiro atoms. The molecular weight excluding hydrogens is 446 g/mol. The Morgan fingerprint density at radius 1 is 0.971 bits per heavy atom. The van der Waals surface area contributed by atoms with Gasteiger partial charge in [-0.05, 0) is 38.2 Å². The fourth-order valence-electron chi connectivity index (χ4n) is 3.85. The standard InChI is InChI=1S/C24H27N9O2/c1-15-13-26-24(27-17-5-8-20(25-14-17)33-11-9-31(3)10-12-33)30-21(15)28-19-7-6-18-22(29-19)32(4)23(34)16(2)35-18/h5-8,13-14H,2,9-12H2,1,3-4H3,(H2,26,27,28,29,30). The number of likely N-dealkylation sites (N-methyl/N-ethyl adjacent to an activating group) is 2. The summed E-state index contributed by atoms with van der Waals surface area (Å²) in [5.41, 5.74) is 1.63. The van der Waals surface area contributed by atoms with Crippen molar-refractivity contribution in [1.29, 1.82) is 0 Å². The van der Waals surface area contributed by atoms with Gasteiger partial charge in [-0.3, -0.25) is 9.69 Å². The quantitative estimate of drug-likeness (QED) is 0.537. The van der Waals surface area contributed by atoms with Gasteiger partial charge in [-0.2, -0.15) is 4.98 Å². The number of rotatable bonds is 5. The molecule has 3 aromatic rings. The topological polar surface area (TPSA) is 112 Å². The number of hydrogen-bond acceptors (Lipinski definition) is 10. The summed E-state index contributed by atoms with van der Waals surface area (Å²) in [5.74, 6) is 3.11. The van der Waals surface area contributed by atoms with E-state index in [9.17, 15) is 4.79 Å². The number of hydrogen-bond donors (Lipinski definition) is 2. The molecule has 5 rings (SSSR count). The molecule has 0 aliphatic carbocycles. The summed E-state index contributed by atoms with van der Waals surface area (Å²) in [7, 11) is 3.77. The zero-order chi connectivity index (χ0) is 24.5. The average Bonchev–Trinajstić information content (AvgIpc) is 2.86. The molecule has 2 N–H and O–H groups in total. The SMILES string of the molecule is C=C1Oc2ccc(Nc3nc(Nc4ccc(N5CCN(C)CC5)nc4)ncc3C)nc2N(C)C1=O. The third kappa shape index (κ3) is 4.71. The van der Waals surface area contributed by atoms with Crippen molar-refractivity contribution < 1.29 is 9.53 Å². The maximum Gasteiger partial charge on any atom is 0.294 e. The Bertz CT molecular complexity index is 1270. The molecular formula is C24H27N9O2. The smallest absolute Gasteiger partial charge is 0.294 e. The lowest BCUT2D eigenvalue weighted by Crippen LogP contribution is -2.44. The minimum Gasteiger partial charge on any atom is -0.448 e.